The predicted molar refractivity (Wildman–Crippen MR) is 135 cm³/mol. The van der Waals surface area contributed by atoms with Crippen molar-refractivity contribution in [3.63, 3.8) is 0 Å². The molecule has 1 aliphatic heterocycles. The molecule has 12 heteroatoms. The van der Waals surface area contributed by atoms with E-state index < -0.39 is 18.0 Å². The molecule has 8 nitrogen and oxygen atoms in total. The summed E-state index contributed by atoms with van der Waals surface area (Å²) in [7, 11) is 1.71. The fraction of sp³-hybridized carbons (Fsp3) is 0.462. The topological polar surface area (TPSA) is 80.5 Å². The van der Waals surface area contributed by atoms with Gasteiger partial charge in [0.1, 0.15) is 29.2 Å². The quantitative estimate of drug-likeness (QED) is 0.353. The zero-order chi connectivity index (χ0) is 26.4. The third-order valence-electron chi connectivity index (χ3n) is 7.31. The van der Waals surface area contributed by atoms with E-state index in [1.807, 2.05) is 4.90 Å². The molecule has 0 spiro atoms. The van der Waals surface area contributed by atoms with Crippen LogP contribution in [0.3, 0.4) is 0 Å². The number of hydrogen-bond donors (Lipinski definition) is 1. The second-order valence-corrected chi connectivity index (χ2v) is 9.89. The van der Waals surface area contributed by atoms with Crippen molar-refractivity contribution in [1.82, 2.24) is 24.6 Å². The summed E-state index contributed by atoms with van der Waals surface area (Å²) in [5, 5.41) is 8.02. The zero-order valence-corrected chi connectivity index (χ0v) is 20.7. The first-order valence-electron chi connectivity index (χ1n) is 12.7. The van der Waals surface area contributed by atoms with Crippen LogP contribution in [0, 0.1) is 0 Å². The van der Waals surface area contributed by atoms with Gasteiger partial charge in [-0.3, -0.25) is 0 Å². The maximum atomic E-state index is 14.1. The molecule has 1 aliphatic carbocycles. The van der Waals surface area contributed by atoms with Crippen molar-refractivity contribution < 1.29 is 22.3 Å². The number of methoxy groups -OCH3 is 1. The minimum absolute atomic E-state index is 0.0103. The van der Waals surface area contributed by atoms with Crippen LogP contribution in [0.15, 0.2) is 36.4 Å². The van der Waals surface area contributed by atoms with Gasteiger partial charge in [0.2, 0.25) is 0 Å². The number of benzene rings is 1. The first-order valence-corrected chi connectivity index (χ1v) is 12.7. The third-order valence-corrected chi connectivity index (χ3v) is 7.31. The van der Waals surface area contributed by atoms with Crippen LogP contribution < -0.4 is 10.2 Å². The lowest BCUT2D eigenvalue weighted by Crippen LogP contribution is -2.30. The number of hydrogen-bond acceptors (Lipinski definition) is 7. The predicted octanol–water partition coefficient (Wildman–Crippen LogP) is 5.28. The summed E-state index contributed by atoms with van der Waals surface area (Å²) in [6.07, 6.45) is -1.51. The van der Waals surface area contributed by atoms with E-state index in [4.69, 9.17) is 4.74 Å². The van der Waals surface area contributed by atoms with Gasteiger partial charge < -0.3 is 15.0 Å². The number of anilines is 2. The van der Waals surface area contributed by atoms with Crippen molar-refractivity contribution in [3.8, 4) is 11.4 Å². The molecule has 1 aromatic carbocycles. The summed E-state index contributed by atoms with van der Waals surface area (Å²) >= 11 is 0. The second kappa shape index (κ2) is 9.64. The van der Waals surface area contributed by atoms with Gasteiger partial charge in [-0.05, 0) is 44.2 Å². The molecule has 200 valence electrons. The lowest BCUT2D eigenvalue weighted by atomic mass is 9.93. The van der Waals surface area contributed by atoms with Gasteiger partial charge in [-0.15, -0.1) is 0 Å². The van der Waals surface area contributed by atoms with E-state index >= 15 is 0 Å². The summed E-state index contributed by atoms with van der Waals surface area (Å²) in [6.45, 7) is 0.731. The fourth-order valence-corrected chi connectivity index (χ4v) is 5.30. The van der Waals surface area contributed by atoms with Gasteiger partial charge >= 0.3 is 6.18 Å². The molecule has 0 unspecified atom stereocenters. The minimum Gasteiger partial charge on any atom is -0.381 e. The van der Waals surface area contributed by atoms with Gasteiger partial charge in [0.05, 0.1) is 23.7 Å². The third kappa shape index (κ3) is 4.72. The molecule has 1 N–H and O–H groups in total. The molecular weight excluding hydrogens is 502 g/mol. The highest BCUT2D eigenvalue weighted by Gasteiger charge is 2.38. The number of fused-ring (bicyclic) bond motifs is 2. The molecule has 4 aromatic rings. The van der Waals surface area contributed by atoms with E-state index in [-0.39, 0.29) is 35.6 Å². The minimum atomic E-state index is -4.73. The van der Waals surface area contributed by atoms with Gasteiger partial charge in [-0.25, -0.2) is 19.3 Å². The molecule has 0 radical (unpaired) electrons. The molecule has 4 heterocycles. The first kappa shape index (κ1) is 24.8. The van der Waals surface area contributed by atoms with Crippen LogP contribution in [0.5, 0.6) is 0 Å². The Balaban J connectivity index is 1.45. The van der Waals surface area contributed by atoms with E-state index in [2.05, 4.69) is 25.4 Å². The molecule has 1 atom stereocenters. The van der Waals surface area contributed by atoms with Gasteiger partial charge in [-0.2, -0.15) is 22.8 Å². The SMILES string of the molecule is CO[C@H]1CC[C@H](Nc2cc(N3CC[C@@H](F)C3)nc3cc(-c4nc5ccccc5nc4C(F)(F)F)nn23)CC1. The summed E-state index contributed by atoms with van der Waals surface area (Å²) in [5.74, 6) is 1.14. The molecule has 2 fully saturated rings. The number of nitrogens with zero attached hydrogens (tertiary/aromatic N) is 6. The van der Waals surface area contributed by atoms with Crippen molar-refractivity contribution >= 4 is 28.3 Å². The molecule has 2 aliphatic rings. The molecule has 0 amide bonds. The van der Waals surface area contributed by atoms with E-state index in [0.717, 1.165) is 25.7 Å². The van der Waals surface area contributed by atoms with Crippen LogP contribution in [0.25, 0.3) is 28.1 Å². The zero-order valence-electron chi connectivity index (χ0n) is 20.7. The Hall–Kier alpha value is -3.54. The number of ether oxygens (including phenoxy) is 1. The number of alkyl halides is 4. The Labute approximate surface area is 216 Å². The number of para-hydroxylation sites is 2. The van der Waals surface area contributed by atoms with Crippen LogP contribution in [0.1, 0.15) is 37.8 Å². The highest BCUT2D eigenvalue weighted by atomic mass is 19.4. The normalized spacial score (nSPS) is 22.4. The largest absolute Gasteiger partial charge is 0.435 e. The molecule has 6 rings (SSSR count). The lowest BCUT2D eigenvalue weighted by Gasteiger charge is -2.29. The molecular formula is C26H27F4N7O. The fourth-order valence-electron chi connectivity index (χ4n) is 5.30. The Morgan fingerprint density at radius 2 is 1.71 bits per heavy atom. The maximum Gasteiger partial charge on any atom is 0.435 e. The monoisotopic (exact) mass is 529 g/mol. The van der Waals surface area contributed by atoms with Crippen molar-refractivity contribution in [1.29, 1.82) is 0 Å². The van der Waals surface area contributed by atoms with Crippen molar-refractivity contribution in [3.05, 3.63) is 42.1 Å². The van der Waals surface area contributed by atoms with Crippen LogP contribution in [-0.4, -0.2) is 63.1 Å². The highest BCUT2D eigenvalue weighted by molar-refractivity contribution is 5.79. The first-order chi connectivity index (χ1) is 18.3. The number of rotatable bonds is 5. The van der Waals surface area contributed by atoms with Crippen molar-refractivity contribution in [2.45, 2.75) is 56.6 Å². The van der Waals surface area contributed by atoms with E-state index in [9.17, 15) is 17.6 Å². The standard InChI is InChI=1S/C26H27F4N7O/c1-38-17-8-6-16(7-9-17)31-23-13-21(36-11-10-15(27)14-36)34-22-12-20(35-37(22)23)24-25(26(28,29)30)33-19-5-3-2-4-18(19)32-24/h2-5,12-13,15-17,31H,6-11,14H2,1H3/t15-,16-,17-/m1/s1. The number of nitrogens with one attached hydrogen (secondary N) is 1. The Morgan fingerprint density at radius 3 is 2.37 bits per heavy atom. The lowest BCUT2D eigenvalue weighted by molar-refractivity contribution is -0.140. The van der Waals surface area contributed by atoms with E-state index in [1.54, 1.807) is 31.4 Å². The maximum absolute atomic E-state index is 14.1. The average molecular weight is 530 g/mol. The van der Waals surface area contributed by atoms with Crippen LogP contribution in [0.4, 0.5) is 29.2 Å². The van der Waals surface area contributed by atoms with Crippen LogP contribution in [-0.2, 0) is 10.9 Å². The molecule has 3 aromatic heterocycles. The molecule has 1 saturated carbocycles. The summed E-state index contributed by atoms with van der Waals surface area (Å²) in [5.41, 5.74) is -0.629. The number of aromatic nitrogens is 5. The van der Waals surface area contributed by atoms with Gasteiger partial charge in [-0.1, -0.05) is 12.1 Å². The highest BCUT2D eigenvalue weighted by Crippen LogP contribution is 2.36. The Bertz CT molecular complexity index is 1470. The van der Waals surface area contributed by atoms with Gasteiger partial charge in [0.25, 0.3) is 0 Å². The summed E-state index contributed by atoms with van der Waals surface area (Å²) in [4.78, 5) is 14.7. The van der Waals surface area contributed by atoms with Crippen LogP contribution in [0.2, 0.25) is 0 Å². The Kier molecular flexibility index (Phi) is 6.29. The average Bonchev–Trinajstić information content (AvgIpc) is 3.54. The smallest absolute Gasteiger partial charge is 0.381 e. The van der Waals surface area contributed by atoms with E-state index in [0.29, 0.717) is 35.8 Å². The van der Waals surface area contributed by atoms with Gasteiger partial charge in [0, 0.05) is 31.8 Å². The van der Waals surface area contributed by atoms with Gasteiger partial charge in [0.15, 0.2) is 11.3 Å². The molecule has 0 bridgehead atoms. The van der Waals surface area contributed by atoms with Crippen molar-refractivity contribution in [2.75, 3.05) is 30.4 Å². The van der Waals surface area contributed by atoms with Crippen molar-refractivity contribution in [2.24, 2.45) is 0 Å². The second-order valence-electron chi connectivity index (χ2n) is 9.89. The van der Waals surface area contributed by atoms with E-state index in [1.165, 1.54) is 16.6 Å². The number of halogens is 4. The summed E-state index contributed by atoms with van der Waals surface area (Å²) < 4.78 is 63.1. The summed E-state index contributed by atoms with van der Waals surface area (Å²) in [6, 6.07) is 9.82. The van der Waals surface area contributed by atoms with Crippen LogP contribution >= 0.6 is 0 Å². The molecule has 38 heavy (non-hydrogen) atoms. The Morgan fingerprint density at radius 1 is 0.974 bits per heavy atom. The molecule has 1 saturated heterocycles.